The average molecular weight is 244 g/mol. The molecule has 0 unspecified atom stereocenters. The van der Waals surface area contributed by atoms with Crippen molar-refractivity contribution in [2.24, 2.45) is 11.5 Å². The summed E-state index contributed by atoms with van der Waals surface area (Å²) in [6.07, 6.45) is 8.52. The normalized spacial score (nSPS) is 12.4. The maximum absolute atomic E-state index is 11.4. The summed E-state index contributed by atoms with van der Waals surface area (Å²) in [7, 11) is 0. The molecule has 4 N–H and O–H groups in total. The minimum Gasteiger partial charge on any atom is -0.465 e. The Balaban J connectivity index is 3.32. The van der Waals surface area contributed by atoms with Crippen molar-refractivity contribution in [2.45, 2.75) is 64.3 Å². The summed E-state index contributed by atoms with van der Waals surface area (Å²) in [5, 5.41) is 0. The van der Waals surface area contributed by atoms with Gasteiger partial charge in [-0.25, -0.2) is 0 Å². The largest absolute Gasteiger partial charge is 0.465 e. The molecule has 0 aliphatic heterocycles. The third-order valence-corrected chi connectivity index (χ3v) is 2.76. The number of hydrogen-bond acceptors (Lipinski definition) is 4. The summed E-state index contributed by atoms with van der Waals surface area (Å²) in [5.41, 5.74) is 11.0. The number of rotatable bonds is 11. The number of ether oxygens (including phenoxy) is 1. The SMILES string of the molecule is CCCCCCCCOC(=O)[C@H](N)CCCN. The van der Waals surface area contributed by atoms with Crippen LogP contribution in [0.3, 0.4) is 0 Å². The van der Waals surface area contributed by atoms with Crippen LogP contribution in [0.15, 0.2) is 0 Å². The first kappa shape index (κ1) is 16.4. The van der Waals surface area contributed by atoms with E-state index in [-0.39, 0.29) is 5.97 Å². The van der Waals surface area contributed by atoms with E-state index < -0.39 is 6.04 Å². The lowest BCUT2D eigenvalue weighted by Crippen LogP contribution is -2.33. The Morgan fingerprint density at radius 2 is 1.76 bits per heavy atom. The zero-order valence-corrected chi connectivity index (χ0v) is 11.1. The minimum atomic E-state index is -0.501. The molecule has 0 heterocycles. The van der Waals surface area contributed by atoms with Gasteiger partial charge in [0, 0.05) is 0 Å². The molecule has 0 radical (unpaired) electrons. The van der Waals surface area contributed by atoms with Crippen molar-refractivity contribution in [3.63, 3.8) is 0 Å². The van der Waals surface area contributed by atoms with Gasteiger partial charge in [-0.2, -0.15) is 0 Å². The smallest absolute Gasteiger partial charge is 0.322 e. The predicted octanol–water partition coefficient (Wildman–Crippen LogP) is 1.96. The number of carbonyl (C=O) groups is 1. The molecule has 1 atom stereocenters. The highest BCUT2D eigenvalue weighted by molar-refractivity contribution is 5.75. The first-order chi connectivity index (χ1) is 8.22. The lowest BCUT2D eigenvalue weighted by Gasteiger charge is -2.10. The summed E-state index contributed by atoms with van der Waals surface area (Å²) in [5.74, 6) is -0.285. The lowest BCUT2D eigenvalue weighted by molar-refractivity contribution is -0.145. The van der Waals surface area contributed by atoms with Gasteiger partial charge in [0.25, 0.3) is 0 Å². The van der Waals surface area contributed by atoms with Crippen LogP contribution in [0.5, 0.6) is 0 Å². The van der Waals surface area contributed by atoms with Crippen LogP contribution < -0.4 is 11.5 Å². The highest BCUT2D eigenvalue weighted by atomic mass is 16.5. The van der Waals surface area contributed by atoms with Crippen molar-refractivity contribution in [3.8, 4) is 0 Å². The fourth-order valence-electron chi connectivity index (χ4n) is 1.62. The Kier molecular flexibility index (Phi) is 11.4. The summed E-state index contributed by atoms with van der Waals surface area (Å²) in [6, 6.07) is -0.501. The molecule has 0 rings (SSSR count). The zero-order valence-electron chi connectivity index (χ0n) is 11.1. The molecule has 0 aromatic carbocycles. The van der Waals surface area contributed by atoms with Crippen LogP contribution >= 0.6 is 0 Å². The van der Waals surface area contributed by atoms with E-state index in [1.165, 1.54) is 25.7 Å². The molecular weight excluding hydrogens is 216 g/mol. The van der Waals surface area contributed by atoms with Crippen molar-refractivity contribution < 1.29 is 9.53 Å². The number of carbonyl (C=O) groups excluding carboxylic acids is 1. The van der Waals surface area contributed by atoms with Crippen LogP contribution in [0.25, 0.3) is 0 Å². The van der Waals surface area contributed by atoms with Gasteiger partial charge in [-0.05, 0) is 25.8 Å². The summed E-state index contributed by atoms with van der Waals surface area (Å²) >= 11 is 0. The van der Waals surface area contributed by atoms with E-state index >= 15 is 0 Å². The monoisotopic (exact) mass is 244 g/mol. The van der Waals surface area contributed by atoms with Gasteiger partial charge < -0.3 is 16.2 Å². The maximum atomic E-state index is 11.4. The van der Waals surface area contributed by atoms with Gasteiger partial charge >= 0.3 is 5.97 Å². The number of esters is 1. The molecule has 0 aliphatic carbocycles. The Morgan fingerprint density at radius 3 is 2.41 bits per heavy atom. The van der Waals surface area contributed by atoms with E-state index in [0.717, 1.165) is 19.3 Å². The van der Waals surface area contributed by atoms with E-state index in [4.69, 9.17) is 16.2 Å². The predicted molar refractivity (Wildman–Crippen MR) is 70.6 cm³/mol. The Morgan fingerprint density at radius 1 is 1.12 bits per heavy atom. The van der Waals surface area contributed by atoms with Crippen molar-refractivity contribution in [3.05, 3.63) is 0 Å². The van der Waals surface area contributed by atoms with Crippen LogP contribution in [-0.2, 0) is 9.53 Å². The molecule has 17 heavy (non-hydrogen) atoms. The highest BCUT2D eigenvalue weighted by Gasteiger charge is 2.13. The van der Waals surface area contributed by atoms with Crippen molar-refractivity contribution in [1.29, 1.82) is 0 Å². The molecule has 0 aliphatic rings. The highest BCUT2D eigenvalue weighted by Crippen LogP contribution is 2.05. The van der Waals surface area contributed by atoms with E-state index in [1.807, 2.05) is 0 Å². The minimum absolute atomic E-state index is 0.285. The topological polar surface area (TPSA) is 78.3 Å². The van der Waals surface area contributed by atoms with Gasteiger partial charge in [0.1, 0.15) is 6.04 Å². The quantitative estimate of drug-likeness (QED) is 0.430. The molecule has 0 aromatic heterocycles. The molecule has 0 spiro atoms. The second-order valence-electron chi connectivity index (χ2n) is 4.47. The Labute approximate surface area is 105 Å². The number of nitrogens with two attached hydrogens (primary N) is 2. The molecule has 0 amide bonds. The summed E-state index contributed by atoms with van der Waals surface area (Å²) in [4.78, 5) is 11.4. The van der Waals surface area contributed by atoms with Crippen molar-refractivity contribution >= 4 is 5.97 Å². The van der Waals surface area contributed by atoms with Crippen molar-refractivity contribution in [2.75, 3.05) is 13.2 Å². The molecule has 102 valence electrons. The maximum Gasteiger partial charge on any atom is 0.322 e. The standard InChI is InChI=1S/C13H28N2O2/c1-2-3-4-5-6-7-11-17-13(16)12(15)9-8-10-14/h12H,2-11,14-15H2,1H3/t12-/m1/s1. The van der Waals surface area contributed by atoms with Crippen LogP contribution in [0.2, 0.25) is 0 Å². The second kappa shape index (κ2) is 11.9. The van der Waals surface area contributed by atoms with Gasteiger partial charge in [0.05, 0.1) is 6.61 Å². The van der Waals surface area contributed by atoms with Gasteiger partial charge in [0.15, 0.2) is 0 Å². The lowest BCUT2D eigenvalue weighted by atomic mass is 10.1. The van der Waals surface area contributed by atoms with E-state index in [0.29, 0.717) is 19.6 Å². The average Bonchev–Trinajstić information content (AvgIpc) is 2.34. The molecule has 4 heteroatoms. The molecule has 0 aromatic rings. The molecular formula is C13H28N2O2. The molecule has 0 fully saturated rings. The Bertz CT molecular complexity index is 186. The van der Waals surface area contributed by atoms with Crippen LogP contribution in [0.4, 0.5) is 0 Å². The molecule has 4 nitrogen and oxygen atoms in total. The van der Waals surface area contributed by atoms with E-state index in [1.54, 1.807) is 0 Å². The van der Waals surface area contributed by atoms with Gasteiger partial charge in [-0.3, -0.25) is 4.79 Å². The van der Waals surface area contributed by atoms with Gasteiger partial charge in [-0.1, -0.05) is 39.0 Å². The first-order valence-electron chi connectivity index (χ1n) is 6.84. The van der Waals surface area contributed by atoms with Crippen LogP contribution in [0, 0.1) is 0 Å². The van der Waals surface area contributed by atoms with Crippen LogP contribution in [-0.4, -0.2) is 25.2 Å². The third-order valence-electron chi connectivity index (χ3n) is 2.76. The molecule has 0 saturated carbocycles. The number of hydrogen-bond donors (Lipinski definition) is 2. The summed E-state index contributed by atoms with van der Waals surface area (Å²) in [6.45, 7) is 3.27. The molecule has 0 bridgehead atoms. The zero-order chi connectivity index (χ0) is 12.9. The van der Waals surface area contributed by atoms with Gasteiger partial charge in [0.2, 0.25) is 0 Å². The molecule has 0 saturated heterocycles. The summed E-state index contributed by atoms with van der Waals surface area (Å²) < 4.78 is 5.10. The fraction of sp³-hybridized carbons (Fsp3) is 0.923. The first-order valence-corrected chi connectivity index (χ1v) is 6.84. The Hall–Kier alpha value is -0.610. The number of unbranched alkanes of at least 4 members (excludes halogenated alkanes) is 5. The van der Waals surface area contributed by atoms with Crippen molar-refractivity contribution in [1.82, 2.24) is 0 Å². The van der Waals surface area contributed by atoms with E-state index in [2.05, 4.69) is 6.92 Å². The fourth-order valence-corrected chi connectivity index (χ4v) is 1.62. The third kappa shape index (κ3) is 10.3. The van der Waals surface area contributed by atoms with Crippen LogP contribution in [0.1, 0.15) is 58.3 Å². The van der Waals surface area contributed by atoms with E-state index in [9.17, 15) is 4.79 Å². The van der Waals surface area contributed by atoms with Gasteiger partial charge in [-0.15, -0.1) is 0 Å². The second-order valence-corrected chi connectivity index (χ2v) is 4.47.